The van der Waals surface area contributed by atoms with E-state index in [9.17, 15) is 22.9 Å². The first-order chi connectivity index (χ1) is 12.4. The highest BCUT2D eigenvalue weighted by Crippen LogP contribution is 2.36. The van der Waals surface area contributed by atoms with Gasteiger partial charge in [0, 0.05) is 41.8 Å². The van der Waals surface area contributed by atoms with E-state index >= 15 is 0 Å². The fraction of sp³-hybridized carbons (Fsp3) is 0.294. The van der Waals surface area contributed by atoms with E-state index in [4.69, 9.17) is 0 Å². The van der Waals surface area contributed by atoms with Gasteiger partial charge < -0.3 is 0 Å². The minimum Gasteiger partial charge on any atom is -0.258 e. The normalized spacial score (nSPS) is 19.0. The Hall–Kier alpha value is -1.97. The summed E-state index contributed by atoms with van der Waals surface area (Å²) in [6, 6.07) is 11.4. The van der Waals surface area contributed by atoms with Crippen molar-refractivity contribution in [3.05, 3.63) is 70.0 Å². The molecule has 1 atom stereocenters. The van der Waals surface area contributed by atoms with E-state index in [-0.39, 0.29) is 28.2 Å². The molecule has 1 heterocycles. The Kier molecular flexibility index (Phi) is 5.59. The smallest absolute Gasteiger partial charge is 0.258 e. The monoisotopic (exact) mass is 396 g/mol. The molecule has 9 heteroatoms. The Morgan fingerprint density at radius 3 is 2.46 bits per heavy atom. The molecule has 1 aliphatic heterocycles. The number of hydrogen-bond acceptors (Lipinski definition) is 5. The van der Waals surface area contributed by atoms with E-state index in [0.717, 1.165) is 0 Å². The van der Waals surface area contributed by atoms with Crippen molar-refractivity contribution in [3.8, 4) is 0 Å². The summed E-state index contributed by atoms with van der Waals surface area (Å²) < 4.78 is 41.0. The molecule has 0 spiro atoms. The molecule has 0 bridgehead atoms. The predicted molar refractivity (Wildman–Crippen MR) is 98.1 cm³/mol. The molecular weight excluding hydrogens is 379 g/mol. The fourth-order valence-corrected chi connectivity index (χ4v) is 5.69. The fourth-order valence-electron chi connectivity index (χ4n) is 2.86. The number of hydrogen-bond donors (Lipinski definition) is 0. The van der Waals surface area contributed by atoms with Crippen molar-refractivity contribution in [3.63, 3.8) is 0 Å². The standard InChI is InChI=1S/C17H17FN2O4S2/c18-16-4-2-1-3-15(16)17-9-10-19(11-12-25-17)26(23,24)14-7-5-13(6-8-14)20(21)22/h1-8,17H,9-12H2. The predicted octanol–water partition coefficient (Wildman–Crippen LogP) is 3.60. The van der Waals surface area contributed by atoms with Crippen molar-refractivity contribution in [1.29, 1.82) is 0 Å². The first-order valence-corrected chi connectivity index (χ1v) is 10.5. The third-order valence-electron chi connectivity index (χ3n) is 4.24. The highest BCUT2D eigenvalue weighted by molar-refractivity contribution is 7.99. The number of sulfonamides is 1. The van der Waals surface area contributed by atoms with E-state index in [1.54, 1.807) is 18.2 Å². The molecule has 0 saturated carbocycles. The molecule has 1 fully saturated rings. The molecule has 0 N–H and O–H groups in total. The number of nitro groups is 1. The molecule has 138 valence electrons. The van der Waals surface area contributed by atoms with Gasteiger partial charge in [0.2, 0.25) is 10.0 Å². The molecule has 0 radical (unpaired) electrons. The van der Waals surface area contributed by atoms with Gasteiger partial charge in [-0.3, -0.25) is 10.1 Å². The zero-order valence-electron chi connectivity index (χ0n) is 13.7. The lowest BCUT2D eigenvalue weighted by Gasteiger charge is -2.20. The largest absolute Gasteiger partial charge is 0.269 e. The lowest BCUT2D eigenvalue weighted by Crippen LogP contribution is -2.33. The maximum atomic E-state index is 14.0. The van der Waals surface area contributed by atoms with Crippen molar-refractivity contribution < 1.29 is 17.7 Å². The first-order valence-electron chi connectivity index (χ1n) is 8.00. The summed E-state index contributed by atoms with van der Waals surface area (Å²) in [5.41, 5.74) is 0.432. The van der Waals surface area contributed by atoms with Crippen LogP contribution in [-0.2, 0) is 10.0 Å². The highest BCUT2D eigenvalue weighted by Gasteiger charge is 2.29. The Bertz CT molecular complexity index is 903. The van der Waals surface area contributed by atoms with Crippen LogP contribution >= 0.6 is 11.8 Å². The quantitative estimate of drug-likeness (QED) is 0.583. The second kappa shape index (κ2) is 7.73. The maximum absolute atomic E-state index is 14.0. The minimum atomic E-state index is -3.74. The van der Waals surface area contributed by atoms with E-state index in [0.29, 0.717) is 24.3 Å². The molecular formula is C17H17FN2O4S2. The van der Waals surface area contributed by atoms with E-state index in [2.05, 4.69) is 0 Å². The molecule has 1 aliphatic rings. The van der Waals surface area contributed by atoms with Crippen LogP contribution in [-0.4, -0.2) is 36.5 Å². The molecule has 3 rings (SSSR count). The van der Waals surface area contributed by atoms with Crippen molar-refractivity contribution in [1.82, 2.24) is 4.31 Å². The summed E-state index contributed by atoms with van der Waals surface area (Å²) in [7, 11) is -3.74. The molecule has 1 unspecified atom stereocenters. The van der Waals surface area contributed by atoms with Gasteiger partial charge in [0.25, 0.3) is 5.69 Å². The van der Waals surface area contributed by atoms with E-state index in [1.165, 1.54) is 46.4 Å². The van der Waals surface area contributed by atoms with Gasteiger partial charge in [0.1, 0.15) is 5.82 Å². The zero-order chi connectivity index (χ0) is 18.7. The SMILES string of the molecule is O=[N+]([O-])c1ccc(S(=O)(=O)N2CCSC(c3ccccc3F)CC2)cc1. The number of thioether (sulfide) groups is 1. The van der Waals surface area contributed by atoms with Crippen LogP contribution in [0.2, 0.25) is 0 Å². The van der Waals surface area contributed by atoms with Gasteiger partial charge in [0.05, 0.1) is 9.82 Å². The topological polar surface area (TPSA) is 80.5 Å². The summed E-state index contributed by atoms with van der Waals surface area (Å²) in [5.74, 6) is 0.266. The van der Waals surface area contributed by atoms with Crippen LogP contribution < -0.4 is 0 Å². The van der Waals surface area contributed by atoms with Gasteiger partial charge >= 0.3 is 0 Å². The van der Waals surface area contributed by atoms with E-state index in [1.807, 2.05) is 0 Å². The Morgan fingerprint density at radius 2 is 1.81 bits per heavy atom. The molecule has 2 aromatic rings. The van der Waals surface area contributed by atoms with Crippen molar-refractivity contribution in [2.45, 2.75) is 16.6 Å². The summed E-state index contributed by atoms with van der Waals surface area (Å²) in [4.78, 5) is 10.2. The van der Waals surface area contributed by atoms with Crippen LogP contribution in [0.1, 0.15) is 17.2 Å². The van der Waals surface area contributed by atoms with Crippen LogP contribution in [0.15, 0.2) is 53.4 Å². The van der Waals surface area contributed by atoms with Gasteiger partial charge in [-0.15, -0.1) is 0 Å². The summed E-state index contributed by atoms with van der Waals surface area (Å²) in [6.45, 7) is 0.584. The number of nitro benzene ring substituents is 1. The van der Waals surface area contributed by atoms with Crippen LogP contribution in [0.3, 0.4) is 0 Å². The Labute approximate surface area is 155 Å². The van der Waals surface area contributed by atoms with Gasteiger partial charge in [-0.2, -0.15) is 16.1 Å². The summed E-state index contributed by atoms with van der Waals surface area (Å²) >= 11 is 1.54. The summed E-state index contributed by atoms with van der Waals surface area (Å²) in [6.07, 6.45) is 0.498. The first kappa shape index (κ1) is 18.8. The average molecular weight is 396 g/mol. The average Bonchev–Trinajstić information content (AvgIpc) is 2.89. The lowest BCUT2D eigenvalue weighted by atomic mass is 10.1. The molecule has 1 saturated heterocycles. The molecule has 0 amide bonds. The second-order valence-electron chi connectivity index (χ2n) is 5.82. The van der Waals surface area contributed by atoms with Crippen LogP contribution in [0.4, 0.5) is 10.1 Å². The third kappa shape index (κ3) is 3.89. The molecule has 0 aliphatic carbocycles. The Morgan fingerprint density at radius 1 is 1.12 bits per heavy atom. The van der Waals surface area contributed by atoms with Crippen LogP contribution in [0, 0.1) is 15.9 Å². The lowest BCUT2D eigenvalue weighted by molar-refractivity contribution is -0.384. The maximum Gasteiger partial charge on any atom is 0.269 e. The van der Waals surface area contributed by atoms with Crippen molar-refractivity contribution >= 4 is 27.5 Å². The molecule has 6 nitrogen and oxygen atoms in total. The highest BCUT2D eigenvalue weighted by atomic mass is 32.2. The minimum absolute atomic E-state index is 0.0254. The number of rotatable bonds is 4. The second-order valence-corrected chi connectivity index (χ2v) is 9.07. The van der Waals surface area contributed by atoms with Crippen molar-refractivity contribution in [2.75, 3.05) is 18.8 Å². The number of non-ortho nitro benzene ring substituents is 1. The Balaban J connectivity index is 1.77. The molecule has 2 aromatic carbocycles. The number of benzene rings is 2. The van der Waals surface area contributed by atoms with Crippen LogP contribution in [0.25, 0.3) is 0 Å². The molecule has 26 heavy (non-hydrogen) atoms. The van der Waals surface area contributed by atoms with Crippen molar-refractivity contribution in [2.24, 2.45) is 0 Å². The van der Waals surface area contributed by atoms with Gasteiger partial charge in [0.15, 0.2) is 0 Å². The molecule has 0 aromatic heterocycles. The number of nitrogens with zero attached hydrogens (tertiary/aromatic N) is 2. The third-order valence-corrected chi connectivity index (χ3v) is 7.46. The number of halogens is 1. The van der Waals surface area contributed by atoms with Gasteiger partial charge in [-0.1, -0.05) is 18.2 Å². The van der Waals surface area contributed by atoms with Gasteiger partial charge in [-0.05, 0) is 24.6 Å². The van der Waals surface area contributed by atoms with E-state index < -0.39 is 14.9 Å². The van der Waals surface area contributed by atoms with Gasteiger partial charge in [-0.25, -0.2) is 12.8 Å². The van der Waals surface area contributed by atoms with Crippen LogP contribution in [0.5, 0.6) is 0 Å². The zero-order valence-corrected chi connectivity index (χ0v) is 15.4. The summed E-state index contributed by atoms with van der Waals surface area (Å²) in [5, 5.41) is 10.6.